The van der Waals surface area contributed by atoms with E-state index in [1.807, 2.05) is 0 Å². The number of rotatable bonds is 9. The average Bonchev–Trinajstić information content (AvgIpc) is 4.24. The van der Waals surface area contributed by atoms with Crippen LogP contribution >= 0.6 is 0 Å². The summed E-state index contributed by atoms with van der Waals surface area (Å²) in [5, 5.41) is 16.4. The molecule has 8 aromatic carbocycles. The van der Waals surface area contributed by atoms with Crippen molar-refractivity contribution >= 4 is 21.5 Å². The molecule has 0 unspecified atom stereocenters. The zero-order valence-electron chi connectivity index (χ0n) is 38.7. The van der Waals surface area contributed by atoms with E-state index in [9.17, 15) is 0 Å². The van der Waals surface area contributed by atoms with Crippen LogP contribution in [0.5, 0.6) is 0 Å². The fourth-order valence-corrected chi connectivity index (χ4v) is 11.4. The van der Waals surface area contributed by atoms with Crippen molar-refractivity contribution in [3.05, 3.63) is 240 Å². The van der Waals surface area contributed by atoms with Crippen LogP contribution in [0.2, 0.25) is 0 Å². The maximum absolute atomic E-state index is 3.79. The monoisotopic (exact) mass is 854 g/mol. The lowest BCUT2D eigenvalue weighted by molar-refractivity contribution is 0.407. The maximum Gasteiger partial charge on any atom is 0.0328 e. The molecule has 0 radical (unpaired) electrons. The molecule has 0 aliphatic carbocycles. The molecule has 330 valence electrons. The summed E-state index contributed by atoms with van der Waals surface area (Å²) in [4.78, 5) is 0. The molecule has 3 aliphatic heterocycles. The van der Waals surface area contributed by atoms with Crippen LogP contribution in [0.3, 0.4) is 0 Å². The van der Waals surface area contributed by atoms with Gasteiger partial charge in [0.2, 0.25) is 0 Å². The minimum atomic E-state index is -0.0510. The van der Waals surface area contributed by atoms with Gasteiger partial charge in [-0.1, -0.05) is 206 Å². The van der Waals surface area contributed by atoms with Crippen molar-refractivity contribution in [2.75, 3.05) is 19.6 Å². The fourth-order valence-electron chi connectivity index (χ4n) is 11.4. The van der Waals surface area contributed by atoms with E-state index in [4.69, 9.17) is 0 Å². The largest absolute Gasteiger partial charge is 0.313 e. The van der Waals surface area contributed by atoms with Gasteiger partial charge >= 0.3 is 0 Å². The number of hydrogen-bond acceptors (Lipinski definition) is 3. The zero-order valence-corrected chi connectivity index (χ0v) is 38.7. The Morgan fingerprint density at radius 2 is 0.554 bits per heavy atom. The van der Waals surface area contributed by atoms with Crippen molar-refractivity contribution in [1.29, 1.82) is 0 Å². The molecule has 8 aromatic rings. The highest BCUT2D eigenvalue weighted by Crippen LogP contribution is 2.42. The predicted molar refractivity (Wildman–Crippen MR) is 276 cm³/mol. The summed E-state index contributed by atoms with van der Waals surface area (Å²) in [7, 11) is 0. The SMILES string of the molecule is CC(c1ccc2ccccc2c1)(c1ccc2ccccc2c1)[C@@H]1CCCN1.CC(c1ccccc1)(c1ccccc1)[C@@H]1CCCN1.CC(c1ccccc1)(c1ccccc1)[C@H]1CCCN1. The second kappa shape index (κ2) is 20.1. The van der Waals surface area contributed by atoms with Crippen LogP contribution in [0, 0.1) is 0 Å². The van der Waals surface area contributed by atoms with Crippen LogP contribution in [0.25, 0.3) is 21.5 Å². The molecule has 3 N–H and O–H groups in total. The average molecular weight is 854 g/mol. The van der Waals surface area contributed by atoms with Crippen LogP contribution in [0.4, 0.5) is 0 Å². The van der Waals surface area contributed by atoms with Crippen molar-refractivity contribution in [3.8, 4) is 0 Å². The van der Waals surface area contributed by atoms with E-state index in [0.29, 0.717) is 18.1 Å². The Hall–Kier alpha value is -5.84. The first kappa shape index (κ1) is 44.4. The smallest absolute Gasteiger partial charge is 0.0328 e. The Balaban J connectivity index is 0.000000126. The molecule has 3 fully saturated rings. The van der Waals surface area contributed by atoms with Crippen molar-refractivity contribution in [1.82, 2.24) is 16.0 Å². The van der Waals surface area contributed by atoms with Crippen LogP contribution in [0.1, 0.15) is 92.7 Å². The third kappa shape index (κ3) is 9.21. The van der Waals surface area contributed by atoms with Crippen LogP contribution < -0.4 is 16.0 Å². The van der Waals surface area contributed by atoms with E-state index in [0.717, 1.165) is 19.6 Å². The predicted octanol–water partition coefficient (Wildman–Crippen LogP) is 13.5. The highest BCUT2D eigenvalue weighted by Gasteiger charge is 2.41. The van der Waals surface area contributed by atoms with Gasteiger partial charge in [-0.3, -0.25) is 0 Å². The van der Waals surface area contributed by atoms with Crippen LogP contribution in [-0.4, -0.2) is 37.8 Å². The summed E-state index contributed by atoms with van der Waals surface area (Å²) in [5.41, 5.74) is 8.47. The van der Waals surface area contributed by atoms with E-state index in [1.165, 1.54) is 93.5 Å². The van der Waals surface area contributed by atoms with Gasteiger partial charge in [0.05, 0.1) is 0 Å². The van der Waals surface area contributed by atoms with Gasteiger partial charge < -0.3 is 16.0 Å². The zero-order chi connectivity index (χ0) is 44.5. The lowest BCUT2D eigenvalue weighted by Crippen LogP contribution is -2.44. The molecule has 11 rings (SSSR count). The molecule has 0 bridgehead atoms. The van der Waals surface area contributed by atoms with Crippen molar-refractivity contribution < 1.29 is 0 Å². The molecule has 65 heavy (non-hydrogen) atoms. The Bertz CT molecular complexity index is 2450. The van der Waals surface area contributed by atoms with E-state index in [-0.39, 0.29) is 16.2 Å². The van der Waals surface area contributed by atoms with E-state index >= 15 is 0 Å². The van der Waals surface area contributed by atoms with Gasteiger partial charge in [-0.05, 0) is 134 Å². The molecular weight excluding hydrogens is 787 g/mol. The number of benzene rings is 8. The van der Waals surface area contributed by atoms with Crippen molar-refractivity contribution in [2.45, 2.75) is 93.7 Å². The van der Waals surface area contributed by atoms with Crippen molar-refractivity contribution in [2.24, 2.45) is 0 Å². The molecule has 3 heteroatoms. The standard InChI is InChI=1S/C26H25N.2C18H21N/c1-26(25-11-6-16-27-25,23-14-12-19-7-2-4-9-21(19)17-23)24-15-13-20-8-3-5-10-22(20)18-24;2*1-18(17-13-8-14-19-17,15-9-4-2-5-10-15)16-11-6-3-7-12-16/h2-5,7-10,12-15,17-18,25,27H,6,11,16H2,1H3;2*2-7,9-12,17,19H,8,13-14H2,1H3/t25-;2*17-/m010/s1. The normalized spacial score (nSPS) is 18.7. The second-order valence-electron chi connectivity index (χ2n) is 19.1. The van der Waals surface area contributed by atoms with E-state index < -0.39 is 0 Å². The third-order valence-electron chi connectivity index (χ3n) is 15.5. The summed E-state index contributed by atoms with van der Waals surface area (Å²) in [6, 6.07) is 76.4. The Kier molecular flexibility index (Phi) is 13.7. The topological polar surface area (TPSA) is 36.1 Å². The maximum atomic E-state index is 3.79. The van der Waals surface area contributed by atoms with Gasteiger partial charge in [-0.25, -0.2) is 0 Å². The molecule has 0 aromatic heterocycles. The third-order valence-corrected chi connectivity index (χ3v) is 15.5. The van der Waals surface area contributed by atoms with Crippen molar-refractivity contribution in [3.63, 3.8) is 0 Å². The quantitative estimate of drug-likeness (QED) is 0.135. The summed E-state index contributed by atoms with van der Waals surface area (Å²) in [5.74, 6) is 0. The lowest BCUT2D eigenvalue weighted by atomic mass is 9.69. The summed E-state index contributed by atoms with van der Waals surface area (Å²) in [6.45, 7) is 10.6. The molecule has 3 aliphatic rings. The van der Waals surface area contributed by atoms with Gasteiger partial charge in [-0.15, -0.1) is 0 Å². The van der Waals surface area contributed by atoms with E-state index in [2.05, 4.69) is 243 Å². The summed E-state index contributed by atoms with van der Waals surface area (Å²) in [6.07, 6.45) is 7.53. The fraction of sp³-hybridized carbons (Fsp3) is 0.290. The van der Waals surface area contributed by atoms with Crippen LogP contribution in [-0.2, 0) is 16.2 Å². The molecular formula is C62H67N3. The molecule has 3 heterocycles. The molecule has 3 nitrogen and oxygen atoms in total. The van der Waals surface area contributed by atoms with E-state index in [1.54, 1.807) is 0 Å². The number of nitrogens with one attached hydrogen (secondary N) is 3. The molecule has 3 saturated heterocycles. The number of hydrogen-bond donors (Lipinski definition) is 3. The lowest BCUT2D eigenvalue weighted by Gasteiger charge is -2.37. The second-order valence-corrected chi connectivity index (χ2v) is 19.1. The highest BCUT2D eigenvalue weighted by atomic mass is 15.0. The molecule has 0 saturated carbocycles. The number of fused-ring (bicyclic) bond motifs is 2. The minimum absolute atomic E-state index is 0.0510. The first-order valence-electron chi connectivity index (χ1n) is 24.3. The van der Waals surface area contributed by atoms with Gasteiger partial charge in [0, 0.05) is 34.4 Å². The summed E-state index contributed by atoms with van der Waals surface area (Å²) >= 11 is 0. The summed E-state index contributed by atoms with van der Waals surface area (Å²) < 4.78 is 0. The minimum Gasteiger partial charge on any atom is -0.313 e. The Morgan fingerprint density at radius 3 is 0.831 bits per heavy atom. The highest BCUT2D eigenvalue weighted by molar-refractivity contribution is 5.85. The van der Waals surface area contributed by atoms with Crippen LogP contribution in [0.15, 0.2) is 206 Å². The Labute approximate surface area is 388 Å². The first-order valence-corrected chi connectivity index (χ1v) is 24.3. The van der Waals surface area contributed by atoms with Gasteiger partial charge in [0.15, 0.2) is 0 Å². The molecule has 0 amide bonds. The Morgan fingerprint density at radius 1 is 0.292 bits per heavy atom. The first-order chi connectivity index (χ1) is 31.9. The van der Waals surface area contributed by atoms with Gasteiger partial charge in [0.25, 0.3) is 0 Å². The molecule has 0 spiro atoms. The van der Waals surface area contributed by atoms with Gasteiger partial charge in [-0.2, -0.15) is 0 Å². The van der Waals surface area contributed by atoms with Gasteiger partial charge in [0.1, 0.15) is 0 Å². The molecule has 3 atom stereocenters.